The van der Waals surface area contributed by atoms with Crippen LogP contribution < -0.4 is 5.32 Å². The first-order valence-corrected chi connectivity index (χ1v) is 9.30. The first-order valence-electron chi connectivity index (χ1n) is 9.30. The van der Waals surface area contributed by atoms with Crippen LogP contribution in [0.15, 0.2) is 54.6 Å². The van der Waals surface area contributed by atoms with Gasteiger partial charge in [-0.25, -0.2) is 4.79 Å². The minimum absolute atomic E-state index is 0.233. The molecule has 0 heterocycles. The van der Waals surface area contributed by atoms with Crippen LogP contribution in [0.3, 0.4) is 0 Å². The molecule has 1 aliphatic rings. The predicted octanol–water partition coefficient (Wildman–Crippen LogP) is 4.68. The van der Waals surface area contributed by atoms with Crippen LogP contribution >= 0.6 is 0 Å². The zero-order valence-electron chi connectivity index (χ0n) is 14.9. The minimum atomic E-state index is -0.233. The monoisotopic (exact) mass is 337 g/mol. The Morgan fingerprint density at radius 2 is 1.68 bits per heavy atom. The maximum absolute atomic E-state index is 11.7. The molecular weight excluding hydrogens is 310 g/mol. The number of nitrogens with one attached hydrogen (secondary N) is 1. The highest BCUT2D eigenvalue weighted by atomic mass is 16.5. The molecule has 0 saturated heterocycles. The molecule has 0 bridgehead atoms. The summed E-state index contributed by atoms with van der Waals surface area (Å²) in [6.07, 6.45) is 4.81. The molecule has 2 aromatic carbocycles. The Hall–Kier alpha value is -2.13. The largest absolute Gasteiger partial charge is 0.462 e. The Morgan fingerprint density at radius 1 is 1.00 bits per heavy atom. The molecule has 3 rings (SSSR count). The Morgan fingerprint density at radius 3 is 2.32 bits per heavy atom. The van der Waals surface area contributed by atoms with Gasteiger partial charge in [0, 0.05) is 12.6 Å². The summed E-state index contributed by atoms with van der Waals surface area (Å²) in [5.74, 6) is 0.369. The lowest BCUT2D eigenvalue weighted by Gasteiger charge is -2.29. The molecule has 3 nitrogen and oxygen atoms in total. The fourth-order valence-electron chi connectivity index (χ4n) is 3.59. The highest BCUT2D eigenvalue weighted by Gasteiger charge is 2.22. The van der Waals surface area contributed by atoms with E-state index >= 15 is 0 Å². The molecule has 25 heavy (non-hydrogen) atoms. The number of hydrogen-bond acceptors (Lipinski definition) is 3. The topological polar surface area (TPSA) is 38.3 Å². The molecule has 0 aromatic heterocycles. The number of carbonyl (C=O) groups is 1. The van der Waals surface area contributed by atoms with Gasteiger partial charge in [-0.1, -0.05) is 42.5 Å². The maximum atomic E-state index is 11.7. The number of hydrogen-bond donors (Lipinski definition) is 1. The van der Waals surface area contributed by atoms with Crippen molar-refractivity contribution in [3.05, 3.63) is 71.3 Å². The van der Waals surface area contributed by atoms with Crippen molar-refractivity contribution in [1.29, 1.82) is 0 Å². The van der Waals surface area contributed by atoms with Crippen molar-refractivity contribution in [1.82, 2.24) is 5.32 Å². The minimum Gasteiger partial charge on any atom is -0.462 e. The van der Waals surface area contributed by atoms with E-state index in [2.05, 4.69) is 47.8 Å². The van der Waals surface area contributed by atoms with E-state index in [1.165, 1.54) is 36.8 Å². The smallest absolute Gasteiger partial charge is 0.338 e. The van der Waals surface area contributed by atoms with Crippen molar-refractivity contribution in [3.63, 3.8) is 0 Å². The first kappa shape index (κ1) is 17.7. The maximum Gasteiger partial charge on any atom is 0.338 e. The van der Waals surface area contributed by atoms with Crippen LogP contribution in [-0.4, -0.2) is 18.6 Å². The summed E-state index contributed by atoms with van der Waals surface area (Å²) in [6, 6.07) is 19.2. The quantitative estimate of drug-likeness (QED) is 0.778. The standard InChI is InChI=1S/C22H27NO2/c1-2-25-22(24)20-10-8-18(9-11-20)19-12-14-21(15-13-19)23-16-17-6-4-3-5-7-17/h3-11,19,21,23H,2,12-16H2,1H3/t19-,21-. The average Bonchev–Trinajstić information content (AvgIpc) is 2.68. The van der Waals surface area contributed by atoms with Gasteiger partial charge >= 0.3 is 5.97 Å². The van der Waals surface area contributed by atoms with Gasteiger partial charge in [0.05, 0.1) is 12.2 Å². The molecular formula is C22H27NO2. The highest BCUT2D eigenvalue weighted by molar-refractivity contribution is 5.89. The van der Waals surface area contributed by atoms with E-state index in [-0.39, 0.29) is 5.97 Å². The number of ether oxygens (including phenoxy) is 1. The average molecular weight is 337 g/mol. The second-order valence-electron chi connectivity index (χ2n) is 6.76. The van der Waals surface area contributed by atoms with Crippen molar-refractivity contribution in [2.24, 2.45) is 0 Å². The van der Waals surface area contributed by atoms with E-state index in [4.69, 9.17) is 4.74 Å². The van der Waals surface area contributed by atoms with Crippen molar-refractivity contribution >= 4 is 5.97 Å². The molecule has 1 fully saturated rings. The van der Waals surface area contributed by atoms with Gasteiger partial charge in [-0.3, -0.25) is 0 Å². The number of benzene rings is 2. The van der Waals surface area contributed by atoms with Crippen LogP contribution in [0.5, 0.6) is 0 Å². The van der Waals surface area contributed by atoms with Crippen LogP contribution in [-0.2, 0) is 11.3 Å². The fraction of sp³-hybridized carbons (Fsp3) is 0.409. The van der Waals surface area contributed by atoms with Crippen LogP contribution in [0.2, 0.25) is 0 Å². The Labute approximate surface area is 150 Å². The molecule has 1 aliphatic carbocycles. The summed E-state index contributed by atoms with van der Waals surface area (Å²) in [7, 11) is 0. The van der Waals surface area contributed by atoms with Crippen LogP contribution in [0.25, 0.3) is 0 Å². The third kappa shape index (κ3) is 4.93. The van der Waals surface area contributed by atoms with Gasteiger partial charge in [0.25, 0.3) is 0 Å². The Balaban J connectivity index is 1.48. The molecule has 0 amide bonds. The van der Waals surface area contributed by atoms with Gasteiger partial charge in [0.1, 0.15) is 0 Å². The molecule has 0 aliphatic heterocycles. The molecule has 1 N–H and O–H groups in total. The van der Waals surface area contributed by atoms with Crippen molar-refractivity contribution < 1.29 is 9.53 Å². The number of rotatable bonds is 6. The van der Waals surface area contributed by atoms with E-state index in [0.29, 0.717) is 24.1 Å². The lowest BCUT2D eigenvalue weighted by atomic mass is 9.81. The third-order valence-corrected chi connectivity index (χ3v) is 5.06. The summed E-state index contributed by atoms with van der Waals surface area (Å²) in [4.78, 5) is 11.7. The highest BCUT2D eigenvalue weighted by Crippen LogP contribution is 2.33. The molecule has 3 heteroatoms. The summed E-state index contributed by atoms with van der Waals surface area (Å²) < 4.78 is 5.04. The molecule has 132 valence electrons. The van der Waals surface area contributed by atoms with E-state index in [0.717, 1.165) is 6.54 Å². The van der Waals surface area contributed by atoms with Crippen molar-refractivity contribution in [3.8, 4) is 0 Å². The van der Waals surface area contributed by atoms with Gasteiger partial charge < -0.3 is 10.1 Å². The van der Waals surface area contributed by atoms with Gasteiger partial charge in [-0.2, -0.15) is 0 Å². The van der Waals surface area contributed by atoms with Gasteiger partial charge in [-0.15, -0.1) is 0 Å². The zero-order valence-corrected chi connectivity index (χ0v) is 14.9. The number of carbonyl (C=O) groups excluding carboxylic acids is 1. The normalized spacial score (nSPS) is 20.2. The zero-order chi connectivity index (χ0) is 17.5. The van der Waals surface area contributed by atoms with Gasteiger partial charge in [0.2, 0.25) is 0 Å². The van der Waals surface area contributed by atoms with Crippen molar-refractivity contribution in [2.75, 3.05) is 6.61 Å². The first-order chi connectivity index (χ1) is 12.3. The summed E-state index contributed by atoms with van der Waals surface area (Å²) >= 11 is 0. The SMILES string of the molecule is CCOC(=O)c1ccc([C@H]2CC[C@H](NCc3ccccc3)CC2)cc1. The van der Waals surface area contributed by atoms with Crippen LogP contribution in [0, 0.1) is 0 Å². The van der Waals surface area contributed by atoms with E-state index in [1.54, 1.807) is 0 Å². The summed E-state index contributed by atoms with van der Waals surface area (Å²) in [5.41, 5.74) is 3.33. The molecule has 0 radical (unpaired) electrons. The lowest BCUT2D eigenvalue weighted by Crippen LogP contribution is -2.32. The van der Waals surface area contributed by atoms with Gasteiger partial charge in [-0.05, 0) is 61.8 Å². The molecule has 1 saturated carbocycles. The van der Waals surface area contributed by atoms with Gasteiger partial charge in [0.15, 0.2) is 0 Å². The second-order valence-corrected chi connectivity index (χ2v) is 6.76. The Bertz CT molecular complexity index is 658. The third-order valence-electron chi connectivity index (χ3n) is 5.06. The fourth-order valence-corrected chi connectivity index (χ4v) is 3.59. The summed E-state index contributed by atoms with van der Waals surface area (Å²) in [6.45, 7) is 3.20. The van der Waals surface area contributed by atoms with E-state index in [1.807, 2.05) is 19.1 Å². The number of esters is 1. The Kier molecular flexibility index (Phi) is 6.24. The second kappa shape index (κ2) is 8.82. The van der Waals surface area contributed by atoms with E-state index < -0.39 is 0 Å². The molecule has 0 unspecified atom stereocenters. The molecule has 0 atom stereocenters. The summed E-state index contributed by atoms with van der Waals surface area (Å²) in [5, 5.41) is 3.69. The molecule has 2 aromatic rings. The van der Waals surface area contributed by atoms with E-state index in [9.17, 15) is 4.79 Å². The predicted molar refractivity (Wildman–Crippen MR) is 101 cm³/mol. The van der Waals surface area contributed by atoms with Crippen LogP contribution in [0.4, 0.5) is 0 Å². The molecule has 0 spiro atoms. The lowest BCUT2D eigenvalue weighted by molar-refractivity contribution is 0.0526. The van der Waals surface area contributed by atoms with Crippen molar-refractivity contribution in [2.45, 2.75) is 51.1 Å². The van der Waals surface area contributed by atoms with Crippen LogP contribution in [0.1, 0.15) is 60.0 Å².